The summed E-state index contributed by atoms with van der Waals surface area (Å²) in [5, 5.41) is 3.32. The van der Waals surface area contributed by atoms with E-state index in [1.54, 1.807) is 12.4 Å². The van der Waals surface area contributed by atoms with Gasteiger partial charge in [0.1, 0.15) is 0 Å². The Kier molecular flexibility index (Phi) is 4.20. The van der Waals surface area contributed by atoms with Gasteiger partial charge in [0.25, 0.3) is 0 Å². The van der Waals surface area contributed by atoms with Crippen molar-refractivity contribution in [1.82, 2.24) is 4.98 Å². The summed E-state index contributed by atoms with van der Waals surface area (Å²) >= 11 is 3.41. The van der Waals surface area contributed by atoms with Crippen molar-refractivity contribution < 1.29 is 0 Å². The third-order valence-corrected chi connectivity index (χ3v) is 2.85. The van der Waals surface area contributed by atoms with Gasteiger partial charge in [-0.3, -0.25) is 4.98 Å². The number of hydrogen-bond acceptors (Lipinski definition) is 3. The fourth-order valence-electron chi connectivity index (χ4n) is 1.06. The van der Waals surface area contributed by atoms with E-state index in [4.69, 9.17) is 5.73 Å². The first-order valence-electron chi connectivity index (χ1n) is 4.78. The lowest BCUT2D eigenvalue weighted by Crippen LogP contribution is -2.12. The maximum absolute atomic E-state index is 5.79. The average molecular weight is 258 g/mol. The molecule has 1 heterocycles. The second kappa shape index (κ2) is 5.20. The standard InChI is InChI=1S/C10H16BrN3/c1-3-7(2)4-14-10-8(11)5-13-6-9(10)12/h5-7H,3-4,12H2,1-2H3,(H,13,14). The van der Waals surface area contributed by atoms with Gasteiger partial charge in [-0.05, 0) is 21.8 Å². The zero-order chi connectivity index (χ0) is 10.6. The molecule has 78 valence electrons. The largest absolute Gasteiger partial charge is 0.396 e. The third-order valence-electron chi connectivity index (χ3n) is 2.25. The summed E-state index contributed by atoms with van der Waals surface area (Å²) in [6.45, 7) is 5.32. The molecule has 0 aliphatic heterocycles. The van der Waals surface area contributed by atoms with Gasteiger partial charge in [0.2, 0.25) is 0 Å². The highest BCUT2D eigenvalue weighted by atomic mass is 79.9. The van der Waals surface area contributed by atoms with Crippen molar-refractivity contribution in [2.45, 2.75) is 20.3 Å². The van der Waals surface area contributed by atoms with Crippen LogP contribution in [0.3, 0.4) is 0 Å². The van der Waals surface area contributed by atoms with Crippen LogP contribution in [0.1, 0.15) is 20.3 Å². The third kappa shape index (κ3) is 2.87. The molecule has 0 fully saturated rings. The SMILES string of the molecule is CCC(C)CNc1c(N)cncc1Br. The van der Waals surface area contributed by atoms with Crippen LogP contribution in [0.5, 0.6) is 0 Å². The summed E-state index contributed by atoms with van der Waals surface area (Å²) in [5.41, 5.74) is 7.42. The molecular formula is C10H16BrN3. The molecular weight excluding hydrogens is 242 g/mol. The highest BCUT2D eigenvalue weighted by molar-refractivity contribution is 9.10. The number of nitrogen functional groups attached to an aromatic ring is 1. The lowest BCUT2D eigenvalue weighted by atomic mass is 10.1. The fraction of sp³-hybridized carbons (Fsp3) is 0.500. The first-order chi connectivity index (χ1) is 6.65. The van der Waals surface area contributed by atoms with Gasteiger partial charge in [-0.15, -0.1) is 0 Å². The molecule has 0 aliphatic rings. The maximum atomic E-state index is 5.79. The van der Waals surface area contributed by atoms with Gasteiger partial charge in [0.15, 0.2) is 0 Å². The molecule has 1 rings (SSSR count). The predicted molar refractivity (Wildman–Crippen MR) is 64.3 cm³/mol. The molecule has 0 aliphatic carbocycles. The highest BCUT2D eigenvalue weighted by Gasteiger charge is 2.05. The Morgan fingerprint density at radius 3 is 2.86 bits per heavy atom. The fourth-order valence-corrected chi connectivity index (χ4v) is 1.54. The number of nitrogens with one attached hydrogen (secondary N) is 1. The summed E-state index contributed by atoms with van der Waals surface area (Å²) in [7, 11) is 0. The minimum Gasteiger partial charge on any atom is -0.396 e. The Balaban J connectivity index is 2.66. The smallest absolute Gasteiger partial charge is 0.0750 e. The second-order valence-corrected chi connectivity index (χ2v) is 4.33. The predicted octanol–water partition coefficient (Wildman–Crippen LogP) is 2.88. The molecule has 4 heteroatoms. The van der Waals surface area contributed by atoms with Gasteiger partial charge in [0, 0.05) is 12.7 Å². The molecule has 3 nitrogen and oxygen atoms in total. The van der Waals surface area contributed by atoms with Crippen LogP contribution < -0.4 is 11.1 Å². The van der Waals surface area contributed by atoms with Gasteiger partial charge in [0.05, 0.1) is 22.0 Å². The number of anilines is 2. The lowest BCUT2D eigenvalue weighted by molar-refractivity contribution is 0.593. The molecule has 1 atom stereocenters. The monoisotopic (exact) mass is 257 g/mol. The Labute approximate surface area is 93.2 Å². The molecule has 1 aromatic rings. The van der Waals surface area contributed by atoms with Crippen molar-refractivity contribution in [1.29, 1.82) is 0 Å². The number of nitrogens with zero attached hydrogens (tertiary/aromatic N) is 1. The summed E-state index contributed by atoms with van der Waals surface area (Å²) in [5.74, 6) is 0.648. The number of aromatic nitrogens is 1. The topological polar surface area (TPSA) is 50.9 Å². The second-order valence-electron chi connectivity index (χ2n) is 3.48. The Morgan fingerprint density at radius 2 is 2.29 bits per heavy atom. The Hall–Kier alpha value is -0.770. The molecule has 0 saturated heterocycles. The minimum absolute atomic E-state index is 0.648. The molecule has 0 bridgehead atoms. The first-order valence-corrected chi connectivity index (χ1v) is 5.57. The van der Waals surface area contributed by atoms with E-state index >= 15 is 0 Å². The first kappa shape index (κ1) is 11.3. The van der Waals surface area contributed by atoms with Crippen LogP contribution in [0.4, 0.5) is 11.4 Å². The molecule has 0 aromatic carbocycles. The van der Waals surface area contributed by atoms with Crippen molar-refractivity contribution in [2.75, 3.05) is 17.6 Å². The molecule has 1 aromatic heterocycles. The van der Waals surface area contributed by atoms with Crippen molar-refractivity contribution in [3.05, 3.63) is 16.9 Å². The maximum Gasteiger partial charge on any atom is 0.0750 e. The van der Waals surface area contributed by atoms with Crippen LogP contribution in [0, 0.1) is 5.92 Å². The number of pyridine rings is 1. The number of nitrogens with two attached hydrogens (primary N) is 1. The van der Waals surface area contributed by atoms with Crippen LogP contribution in [0.2, 0.25) is 0 Å². The van der Waals surface area contributed by atoms with E-state index in [0.29, 0.717) is 11.6 Å². The molecule has 0 saturated carbocycles. The van der Waals surface area contributed by atoms with Crippen LogP contribution in [0.15, 0.2) is 16.9 Å². The Bertz CT molecular complexity index is 281. The molecule has 3 N–H and O–H groups in total. The number of halogens is 1. The van der Waals surface area contributed by atoms with Crippen molar-refractivity contribution in [3.8, 4) is 0 Å². The number of rotatable bonds is 4. The van der Waals surface area contributed by atoms with Gasteiger partial charge in [-0.2, -0.15) is 0 Å². The van der Waals surface area contributed by atoms with E-state index in [9.17, 15) is 0 Å². The van der Waals surface area contributed by atoms with E-state index in [1.807, 2.05) is 0 Å². The number of hydrogen-bond donors (Lipinski definition) is 2. The lowest BCUT2D eigenvalue weighted by Gasteiger charge is -2.14. The van der Waals surface area contributed by atoms with Crippen LogP contribution in [-0.4, -0.2) is 11.5 Å². The highest BCUT2D eigenvalue weighted by Crippen LogP contribution is 2.27. The van der Waals surface area contributed by atoms with E-state index in [-0.39, 0.29) is 0 Å². The zero-order valence-electron chi connectivity index (χ0n) is 8.55. The van der Waals surface area contributed by atoms with Crippen LogP contribution in [-0.2, 0) is 0 Å². The summed E-state index contributed by atoms with van der Waals surface area (Å²) < 4.78 is 0.917. The van der Waals surface area contributed by atoms with Crippen molar-refractivity contribution in [3.63, 3.8) is 0 Å². The van der Waals surface area contributed by atoms with Crippen molar-refractivity contribution >= 4 is 27.3 Å². The normalized spacial score (nSPS) is 12.5. The molecule has 0 amide bonds. The van der Waals surface area contributed by atoms with Gasteiger partial charge in [-0.25, -0.2) is 0 Å². The minimum atomic E-state index is 0.648. The van der Waals surface area contributed by atoms with E-state index < -0.39 is 0 Å². The molecule has 0 radical (unpaired) electrons. The molecule has 0 spiro atoms. The zero-order valence-corrected chi connectivity index (χ0v) is 10.1. The molecule has 1 unspecified atom stereocenters. The Morgan fingerprint density at radius 1 is 1.57 bits per heavy atom. The summed E-state index contributed by atoms with van der Waals surface area (Å²) in [6, 6.07) is 0. The van der Waals surface area contributed by atoms with E-state index in [0.717, 1.165) is 23.1 Å². The summed E-state index contributed by atoms with van der Waals surface area (Å²) in [6.07, 6.45) is 4.56. The van der Waals surface area contributed by atoms with Crippen LogP contribution in [0.25, 0.3) is 0 Å². The van der Waals surface area contributed by atoms with Gasteiger partial charge < -0.3 is 11.1 Å². The quantitative estimate of drug-likeness (QED) is 0.873. The van der Waals surface area contributed by atoms with E-state index in [2.05, 4.69) is 40.1 Å². The van der Waals surface area contributed by atoms with Crippen molar-refractivity contribution in [2.24, 2.45) is 5.92 Å². The van der Waals surface area contributed by atoms with Gasteiger partial charge in [-0.1, -0.05) is 20.3 Å². The van der Waals surface area contributed by atoms with Crippen LogP contribution >= 0.6 is 15.9 Å². The van der Waals surface area contributed by atoms with Gasteiger partial charge >= 0.3 is 0 Å². The summed E-state index contributed by atoms with van der Waals surface area (Å²) in [4.78, 5) is 3.98. The average Bonchev–Trinajstić information content (AvgIpc) is 2.16. The van der Waals surface area contributed by atoms with E-state index in [1.165, 1.54) is 0 Å². The molecule has 14 heavy (non-hydrogen) atoms.